The fraction of sp³-hybridized carbons (Fsp3) is 0.600. The van der Waals surface area contributed by atoms with Gasteiger partial charge in [-0.25, -0.2) is 4.39 Å². The molecule has 2 aliphatic heterocycles. The van der Waals surface area contributed by atoms with Crippen molar-refractivity contribution < 1.29 is 13.9 Å². The molecule has 0 aromatic heterocycles. The lowest BCUT2D eigenvalue weighted by molar-refractivity contribution is -0.132. The van der Waals surface area contributed by atoms with E-state index in [1.165, 1.54) is 0 Å². The van der Waals surface area contributed by atoms with Crippen LogP contribution in [0.2, 0.25) is 5.02 Å². The van der Waals surface area contributed by atoms with E-state index in [0.717, 1.165) is 5.69 Å². The third kappa shape index (κ3) is 4.53. The van der Waals surface area contributed by atoms with Gasteiger partial charge in [-0.1, -0.05) is 18.5 Å². The Bertz CT molecular complexity index is 735. The lowest BCUT2D eigenvalue weighted by Gasteiger charge is -2.40. The first-order valence-corrected chi connectivity index (χ1v) is 9.73. The Morgan fingerprint density at radius 3 is 2.63 bits per heavy atom. The second-order valence-electron chi connectivity index (χ2n) is 7.77. The number of halogens is 2. The fourth-order valence-corrected chi connectivity index (χ4v) is 3.88. The van der Waals surface area contributed by atoms with Crippen LogP contribution >= 0.6 is 11.6 Å². The number of piperidine rings is 1. The second-order valence-corrected chi connectivity index (χ2v) is 8.20. The van der Waals surface area contributed by atoms with E-state index in [9.17, 15) is 14.4 Å². The van der Waals surface area contributed by atoms with Gasteiger partial charge in [-0.2, -0.15) is 5.26 Å². The summed E-state index contributed by atoms with van der Waals surface area (Å²) >= 11 is 5.97. The Hall–Kier alpha value is -1.84. The highest BCUT2D eigenvalue weighted by Crippen LogP contribution is 2.35. The number of rotatable bonds is 4. The maximum atomic E-state index is 14.7. The fourth-order valence-electron chi connectivity index (χ4n) is 3.71. The molecule has 1 N–H and O–H groups in total. The Balaban J connectivity index is 1.58. The molecule has 2 heterocycles. The SMILES string of the molecule is CC1(C(=O)NCC2(F)CCOCC2)CCN(c2ccc(Cl)cc2C#N)CC1. The van der Waals surface area contributed by atoms with Crippen LogP contribution in [0.4, 0.5) is 10.1 Å². The molecule has 0 spiro atoms. The number of benzene rings is 1. The summed E-state index contributed by atoms with van der Waals surface area (Å²) in [6, 6.07) is 7.46. The van der Waals surface area contributed by atoms with Crippen LogP contribution in [0.15, 0.2) is 18.2 Å². The Labute approximate surface area is 164 Å². The van der Waals surface area contributed by atoms with Gasteiger partial charge in [0.05, 0.1) is 17.8 Å². The first-order valence-electron chi connectivity index (χ1n) is 9.35. The Morgan fingerprint density at radius 1 is 1.33 bits per heavy atom. The van der Waals surface area contributed by atoms with Crippen LogP contribution in [-0.2, 0) is 9.53 Å². The van der Waals surface area contributed by atoms with Crippen LogP contribution in [-0.4, -0.2) is 44.4 Å². The summed E-state index contributed by atoms with van der Waals surface area (Å²) in [4.78, 5) is 14.8. The topological polar surface area (TPSA) is 65.4 Å². The quantitative estimate of drug-likeness (QED) is 0.850. The number of hydrogen-bond acceptors (Lipinski definition) is 4. The van der Waals surface area contributed by atoms with Crippen molar-refractivity contribution in [1.82, 2.24) is 5.32 Å². The van der Waals surface area contributed by atoms with E-state index >= 15 is 0 Å². The number of hydrogen-bond donors (Lipinski definition) is 1. The largest absolute Gasteiger partial charge is 0.381 e. The molecule has 146 valence electrons. The maximum Gasteiger partial charge on any atom is 0.226 e. The van der Waals surface area contributed by atoms with Gasteiger partial charge in [0.2, 0.25) is 5.91 Å². The molecule has 0 saturated carbocycles. The summed E-state index contributed by atoms with van der Waals surface area (Å²) in [6.45, 7) is 4.11. The minimum absolute atomic E-state index is 0.0459. The number of ether oxygens (including phenoxy) is 1. The van der Waals surface area contributed by atoms with E-state index in [0.29, 0.717) is 62.6 Å². The molecule has 0 aliphatic carbocycles. The number of nitrogens with zero attached hydrogens (tertiary/aromatic N) is 2. The molecule has 0 bridgehead atoms. The van der Waals surface area contributed by atoms with Crippen molar-refractivity contribution in [1.29, 1.82) is 5.26 Å². The number of amides is 1. The standard InChI is InChI=1S/C20H25ClFN3O2/c1-19(18(26)24-14-20(22)6-10-27-11-7-20)4-8-25(9-5-19)17-3-2-16(21)12-15(17)13-23/h2-3,12H,4-11,14H2,1H3,(H,24,26). The van der Waals surface area contributed by atoms with Crippen molar-refractivity contribution in [2.45, 2.75) is 38.3 Å². The van der Waals surface area contributed by atoms with E-state index in [-0.39, 0.29) is 12.5 Å². The number of carbonyl (C=O) groups excluding carboxylic acids is 1. The molecule has 3 rings (SSSR count). The molecule has 2 saturated heterocycles. The van der Waals surface area contributed by atoms with Crippen LogP contribution in [0.3, 0.4) is 0 Å². The van der Waals surface area contributed by atoms with Crippen LogP contribution < -0.4 is 10.2 Å². The molecule has 2 fully saturated rings. The van der Waals surface area contributed by atoms with E-state index in [1.54, 1.807) is 12.1 Å². The molecule has 2 aliphatic rings. The minimum atomic E-state index is -1.37. The number of anilines is 1. The zero-order valence-corrected chi connectivity index (χ0v) is 16.3. The molecule has 1 aromatic rings. The van der Waals surface area contributed by atoms with Crippen LogP contribution in [0.25, 0.3) is 0 Å². The monoisotopic (exact) mass is 393 g/mol. The number of carbonyl (C=O) groups is 1. The predicted octanol–water partition coefficient (Wildman–Crippen LogP) is 3.45. The average molecular weight is 394 g/mol. The molecular weight excluding hydrogens is 369 g/mol. The first kappa shape index (κ1) is 19.9. The van der Waals surface area contributed by atoms with E-state index in [2.05, 4.69) is 16.3 Å². The Kier molecular flexibility index (Phi) is 5.92. The normalized spacial score (nSPS) is 21.3. The van der Waals surface area contributed by atoms with Crippen molar-refractivity contribution in [2.24, 2.45) is 5.41 Å². The summed E-state index contributed by atoms with van der Waals surface area (Å²) in [5, 5.41) is 12.7. The maximum absolute atomic E-state index is 14.7. The van der Waals surface area contributed by atoms with Crippen LogP contribution in [0.1, 0.15) is 38.2 Å². The molecular formula is C20H25ClFN3O2. The molecule has 0 unspecified atom stereocenters. The molecule has 0 atom stereocenters. The van der Waals surface area contributed by atoms with Crippen LogP contribution in [0, 0.1) is 16.7 Å². The van der Waals surface area contributed by atoms with Crippen molar-refractivity contribution in [2.75, 3.05) is 37.7 Å². The van der Waals surface area contributed by atoms with E-state index in [4.69, 9.17) is 16.3 Å². The van der Waals surface area contributed by atoms with Crippen molar-refractivity contribution in [3.63, 3.8) is 0 Å². The summed E-state index contributed by atoms with van der Waals surface area (Å²) in [7, 11) is 0. The lowest BCUT2D eigenvalue weighted by atomic mass is 9.79. The second kappa shape index (κ2) is 8.04. The number of nitriles is 1. The highest BCUT2D eigenvalue weighted by molar-refractivity contribution is 6.30. The number of nitrogens with one attached hydrogen (secondary N) is 1. The van der Waals surface area contributed by atoms with Crippen LogP contribution in [0.5, 0.6) is 0 Å². The van der Waals surface area contributed by atoms with Gasteiger partial charge in [-0.05, 0) is 31.0 Å². The molecule has 7 heteroatoms. The zero-order valence-electron chi connectivity index (χ0n) is 15.6. The van der Waals surface area contributed by atoms with Gasteiger partial charge in [0, 0.05) is 49.6 Å². The molecule has 5 nitrogen and oxygen atoms in total. The van der Waals surface area contributed by atoms with Crippen molar-refractivity contribution in [3.8, 4) is 6.07 Å². The van der Waals surface area contributed by atoms with Crippen molar-refractivity contribution >= 4 is 23.2 Å². The van der Waals surface area contributed by atoms with Gasteiger partial charge in [0.15, 0.2) is 0 Å². The first-order chi connectivity index (χ1) is 12.9. The summed E-state index contributed by atoms with van der Waals surface area (Å²) < 4.78 is 19.9. The number of alkyl halides is 1. The van der Waals surface area contributed by atoms with Gasteiger partial charge >= 0.3 is 0 Å². The highest BCUT2D eigenvalue weighted by Gasteiger charge is 2.39. The minimum Gasteiger partial charge on any atom is -0.381 e. The summed E-state index contributed by atoms with van der Waals surface area (Å²) in [5.41, 5.74) is -0.517. The third-order valence-electron chi connectivity index (χ3n) is 5.79. The van der Waals surface area contributed by atoms with E-state index in [1.807, 2.05) is 13.0 Å². The summed E-state index contributed by atoms with van der Waals surface area (Å²) in [6.07, 6.45) is 1.94. The zero-order chi connectivity index (χ0) is 19.5. The molecule has 27 heavy (non-hydrogen) atoms. The molecule has 1 aromatic carbocycles. The molecule has 1 amide bonds. The predicted molar refractivity (Wildman–Crippen MR) is 103 cm³/mol. The summed E-state index contributed by atoms with van der Waals surface area (Å²) in [5.74, 6) is -0.0951. The Morgan fingerprint density at radius 2 is 2.00 bits per heavy atom. The van der Waals surface area contributed by atoms with Gasteiger partial charge in [-0.15, -0.1) is 0 Å². The molecule has 0 radical (unpaired) electrons. The van der Waals surface area contributed by atoms with Gasteiger partial charge < -0.3 is 15.0 Å². The van der Waals surface area contributed by atoms with Gasteiger partial charge in [-0.3, -0.25) is 4.79 Å². The van der Waals surface area contributed by atoms with Gasteiger partial charge in [0.1, 0.15) is 11.7 Å². The smallest absolute Gasteiger partial charge is 0.226 e. The van der Waals surface area contributed by atoms with Gasteiger partial charge in [0.25, 0.3) is 0 Å². The lowest BCUT2D eigenvalue weighted by Crippen LogP contribution is -2.51. The third-order valence-corrected chi connectivity index (χ3v) is 6.02. The average Bonchev–Trinajstić information content (AvgIpc) is 2.67. The van der Waals surface area contributed by atoms with Crippen molar-refractivity contribution in [3.05, 3.63) is 28.8 Å². The van der Waals surface area contributed by atoms with E-state index < -0.39 is 11.1 Å². The highest BCUT2D eigenvalue weighted by atomic mass is 35.5.